The van der Waals surface area contributed by atoms with Gasteiger partial charge in [0.05, 0.1) is 12.0 Å². The molecule has 0 aliphatic carbocycles. The number of hydrogen-bond acceptors (Lipinski definition) is 4. The zero-order chi connectivity index (χ0) is 22.0. The molecular weight excluding hydrogens is 407 g/mol. The van der Waals surface area contributed by atoms with Crippen LogP contribution in [0.5, 0.6) is 0 Å². The lowest BCUT2D eigenvalue weighted by atomic mass is 10.1. The van der Waals surface area contributed by atoms with Crippen LogP contribution in [0.2, 0.25) is 0 Å². The fraction of sp³-hybridized carbons (Fsp3) is 0.318. The van der Waals surface area contributed by atoms with Gasteiger partial charge in [-0.25, -0.2) is 9.97 Å². The van der Waals surface area contributed by atoms with Crippen LogP contribution in [0.4, 0.5) is 19.0 Å². The molecule has 0 spiro atoms. The summed E-state index contributed by atoms with van der Waals surface area (Å²) < 4.78 is 40.6. The molecule has 31 heavy (non-hydrogen) atoms. The minimum absolute atomic E-state index is 0.0473. The van der Waals surface area contributed by atoms with Gasteiger partial charge in [0.1, 0.15) is 17.5 Å². The number of anilines is 1. The standard InChI is InChI=1S/C22H22F3N5O/c1-16-26-19(28-7-2-3-8-28)15-20(27-16)29-9-11-30(12-10-29)21(31)14-17-5-4-6-18(13-17)22(23,24)25/h2-8,13,15H,9-12,14H2,1H3. The largest absolute Gasteiger partial charge is 0.416 e. The maximum atomic E-state index is 12.9. The number of halogens is 3. The van der Waals surface area contributed by atoms with Crippen molar-refractivity contribution in [2.45, 2.75) is 19.5 Å². The van der Waals surface area contributed by atoms with E-state index in [9.17, 15) is 18.0 Å². The monoisotopic (exact) mass is 429 g/mol. The zero-order valence-corrected chi connectivity index (χ0v) is 17.0. The first-order chi connectivity index (χ1) is 14.8. The summed E-state index contributed by atoms with van der Waals surface area (Å²) in [4.78, 5) is 25.4. The Balaban J connectivity index is 1.39. The molecular formula is C22H22F3N5O. The molecule has 6 nitrogen and oxygen atoms in total. The smallest absolute Gasteiger partial charge is 0.353 e. The maximum Gasteiger partial charge on any atom is 0.416 e. The van der Waals surface area contributed by atoms with Crippen LogP contribution in [0, 0.1) is 6.92 Å². The van der Waals surface area contributed by atoms with Gasteiger partial charge in [0.15, 0.2) is 0 Å². The number of aromatic nitrogens is 3. The van der Waals surface area contributed by atoms with Crippen LogP contribution in [0.15, 0.2) is 54.9 Å². The molecule has 3 aromatic rings. The third-order valence-corrected chi connectivity index (χ3v) is 5.25. The van der Waals surface area contributed by atoms with E-state index >= 15 is 0 Å². The van der Waals surface area contributed by atoms with Crippen LogP contribution in [-0.2, 0) is 17.4 Å². The molecule has 0 radical (unpaired) electrons. The molecule has 0 N–H and O–H groups in total. The molecule has 3 heterocycles. The first-order valence-electron chi connectivity index (χ1n) is 9.97. The molecule has 2 aromatic heterocycles. The summed E-state index contributed by atoms with van der Waals surface area (Å²) in [6.45, 7) is 4.00. The van der Waals surface area contributed by atoms with Gasteiger partial charge in [-0.15, -0.1) is 0 Å². The van der Waals surface area contributed by atoms with Crippen LogP contribution in [0.1, 0.15) is 17.0 Å². The molecule has 0 atom stereocenters. The summed E-state index contributed by atoms with van der Waals surface area (Å²) in [7, 11) is 0. The Morgan fingerprint density at radius 2 is 1.65 bits per heavy atom. The van der Waals surface area contributed by atoms with Crippen molar-refractivity contribution in [3.05, 3.63) is 71.8 Å². The number of amides is 1. The molecule has 1 saturated heterocycles. The van der Waals surface area contributed by atoms with E-state index in [-0.39, 0.29) is 12.3 Å². The van der Waals surface area contributed by atoms with E-state index in [1.807, 2.05) is 42.1 Å². The summed E-state index contributed by atoms with van der Waals surface area (Å²) in [6, 6.07) is 10.7. The summed E-state index contributed by atoms with van der Waals surface area (Å²) >= 11 is 0. The lowest BCUT2D eigenvalue weighted by Crippen LogP contribution is -2.49. The van der Waals surface area contributed by atoms with Crippen molar-refractivity contribution in [3.8, 4) is 5.82 Å². The second-order valence-corrected chi connectivity index (χ2v) is 7.46. The van der Waals surface area contributed by atoms with E-state index in [0.717, 1.165) is 23.8 Å². The molecule has 9 heteroatoms. The number of alkyl halides is 3. The highest BCUT2D eigenvalue weighted by molar-refractivity contribution is 5.79. The van der Waals surface area contributed by atoms with E-state index in [2.05, 4.69) is 14.9 Å². The highest BCUT2D eigenvalue weighted by Crippen LogP contribution is 2.29. The normalized spacial score (nSPS) is 14.7. The quantitative estimate of drug-likeness (QED) is 0.637. The van der Waals surface area contributed by atoms with Crippen molar-refractivity contribution >= 4 is 11.7 Å². The average molecular weight is 429 g/mol. The van der Waals surface area contributed by atoms with Crippen LogP contribution in [0.25, 0.3) is 5.82 Å². The second kappa shape index (κ2) is 8.41. The molecule has 162 valence electrons. The SMILES string of the molecule is Cc1nc(N2CCN(C(=O)Cc3cccc(C(F)(F)F)c3)CC2)cc(-n2cccc2)n1. The second-order valence-electron chi connectivity index (χ2n) is 7.46. The molecule has 0 bridgehead atoms. The number of piperazine rings is 1. The van der Waals surface area contributed by atoms with Gasteiger partial charge in [-0.1, -0.05) is 18.2 Å². The Labute approximate surface area is 177 Å². The maximum absolute atomic E-state index is 12.9. The number of hydrogen-bond donors (Lipinski definition) is 0. The van der Waals surface area contributed by atoms with Gasteiger partial charge >= 0.3 is 6.18 Å². The van der Waals surface area contributed by atoms with Crippen molar-refractivity contribution in [3.63, 3.8) is 0 Å². The number of benzene rings is 1. The van der Waals surface area contributed by atoms with Gasteiger partial charge in [0.2, 0.25) is 5.91 Å². The van der Waals surface area contributed by atoms with Gasteiger partial charge in [-0.2, -0.15) is 13.2 Å². The predicted octanol–water partition coefficient (Wildman–Crippen LogP) is 3.49. The van der Waals surface area contributed by atoms with Gasteiger partial charge in [-0.05, 0) is 30.7 Å². The van der Waals surface area contributed by atoms with Crippen LogP contribution in [0.3, 0.4) is 0 Å². The Morgan fingerprint density at radius 1 is 0.968 bits per heavy atom. The molecule has 1 aromatic carbocycles. The average Bonchev–Trinajstić information content (AvgIpc) is 3.28. The Hall–Kier alpha value is -3.36. The summed E-state index contributed by atoms with van der Waals surface area (Å²) in [5.74, 6) is 2.05. The Morgan fingerprint density at radius 3 is 2.32 bits per heavy atom. The lowest BCUT2D eigenvalue weighted by Gasteiger charge is -2.35. The summed E-state index contributed by atoms with van der Waals surface area (Å²) in [6.07, 6.45) is -0.639. The van der Waals surface area contributed by atoms with Crippen LogP contribution < -0.4 is 4.90 Å². The lowest BCUT2D eigenvalue weighted by molar-refractivity contribution is -0.138. The number of aryl methyl sites for hydroxylation is 1. The fourth-order valence-electron chi connectivity index (χ4n) is 3.65. The number of nitrogens with zero attached hydrogens (tertiary/aromatic N) is 5. The highest BCUT2D eigenvalue weighted by Gasteiger charge is 2.30. The van der Waals surface area contributed by atoms with Gasteiger partial charge in [0, 0.05) is 44.6 Å². The first kappa shape index (κ1) is 20.9. The predicted molar refractivity (Wildman–Crippen MR) is 110 cm³/mol. The molecule has 4 rings (SSSR count). The molecule has 1 aliphatic heterocycles. The van der Waals surface area contributed by atoms with Crippen molar-refractivity contribution in [1.82, 2.24) is 19.4 Å². The van der Waals surface area contributed by atoms with E-state index in [4.69, 9.17) is 0 Å². The Kier molecular flexibility index (Phi) is 5.67. The minimum Gasteiger partial charge on any atom is -0.353 e. The van der Waals surface area contributed by atoms with E-state index in [1.54, 1.807) is 11.0 Å². The topological polar surface area (TPSA) is 54.3 Å². The highest BCUT2D eigenvalue weighted by atomic mass is 19.4. The van der Waals surface area contributed by atoms with Crippen LogP contribution in [-0.4, -0.2) is 51.5 Å². The van der Waals surface area contributed by atoms with Crippen molar-refractivity contribution in [1.29, 1.82) is 0 Å². The third-order valence-electron chi connectivity index (χ3n) is 5.25. The first-order valence-corrected chi connectivity index (χ1v) is 9.97. The molecule has 1 fully saturated rings. The van der Waals surface area contributed by atoms with Gasteiger partial charge < -0.3 is 14.4 Å². The molecule has 0 saturated carbocycles. The van der Waals surface area contributed by atoms with Gasteiger partial charge in [0.25, 0.3) is 0 Å². The van der Waals surface area contributed by atoms with E-state index < -0.39 is 11.7 Å². The summed E-state index contributed by atoms with van der Waals surface area (Å²) in [5.41, 5.74) is -0.370. The van der Waals surface area contributed by atoms with Crippen LogP contribution >= 0.6 is 0 Å². The Bertz CT molecular complexity index is 1060. The third kappa shape index (κ3) is 4.87. The van der Waals surface area contributed by atoms with Crippen molar-refractivity contribution < 1.29 is 18.0 Å². The number of carbonyl (C=O) groups is 1. The number of rotatable bonds is 4. The fourth-order valence-corrected chi connectivity index (χ4v) is 3.65. The number of carbonyl (C=O) groups excluding carboxylic acids is 1. The van der Waals surface area contributed by atoms with E-state index in [0.29, 0.717) is 37.6 Å². The van der Waals surface area contributed by atoms with Crippen molar-refractivity contribution in [2.75, 3.05) is 31.1 Å². The van der Waals surface area contributed by atoms with E-state index in [1.165, 1.54) is 6.07 Å². The minimum atomic E-state index is -4.42. The molecule has 1 amide bonds. The zero-order valence-electron chi connectivity index (χ0n) is 17.0. The van der Waals surface area contributed by atoms with Crippen molar-refractivity contribution in [2.24, 2.45) is 0 Å². The molecule has 0 unspecified atom stereocenters. The molecule has 1 aliphatic rings. The van der Waals surface area contributed by atoms with Gasteiger partial charge in [-0.3, -0.25) is 4.79 Å². The summed E-state index contributed by atoms with van der Waals surface area (Å²) in [5, 5.41) is 0.